The van der Waals surface area contributed by atoms with Crippen LogP contribution in [0.4, 0.5) is 0 Å². The Labute approximate surface area is 156 Å². The van der Waals surface area contributed by atoms with Crippen molar-refractivity contribution in [1.82, 2.24) is 4.90 Å². The van der Waals surface area contributed by atoms with E-state index in [4.69, 9.17) is 0 Å². The van der Waals surface area contributed by atoms with Crippen LogP contribution in [0.2, 0.25) is 0 Å². The minimum absolute atomic E-state index is 0. The molecule has 1 rings (SSSR count). The van der Waals surface area contributed by atoms with Gasteiger partial charge in [-0.15, -0.1) is 17.0 Å². The van der Waals surface area contributed by atoms with E-state index < -0.39 is 0 Å². The third-order valence-electron chi connectivity index (χ3n) is 4.68. The largest absolute Gasteiger partial charge is 0.374 e. The van der Waals surface area contributed by atoms with Crippen molar-refractivity contribution >= 4 is 17.0 Å². The van der Waals surface area contributed by atoms with Gasteiger partial charge in [-0.1, -0.05) is 103 Å². The van der Waals surface area contributed by atoms with Crippen LogP contribution in [0.1, 0.15) is 96.8 Å². The second-order valence-corrected chi connectivity index (χ2v) is 6.86. The molecule has 0 N–H and O–H groups in total. The fourth-order valence-electron chi connectivity index (χ4n) is 3.18. The highest BCUT2D eigenvalue weighted by Crippen LogP contribution is 2.13. The van der Waals surface area contributed by atoms with Crippen LogP contribution in [0.15, 0.2) is 24.4 Å². The second-order valence-electron chi connectivity index (χ2n) is 6.86. The molecule has 23 heavy (non-hydrogen) atoms. The zero-order chi connectivity index (χ0) is 15.7. The highest BCUT2D eigenvalue weighted by Gasteiger charge is 1.99. The van der Waals surface area contributed by atoms with Gasteiger partial charge in [-0.3, -0.25) is 0 Å². The molecule has 0 radical (unpaired) electrons. The molecule has 1 nitrogen and oxygen atoms in total. The molecule has 1 aliphatic rings. The zero-order valence-corrected chi connectivity index (χ0v) is 17.2. The lowest BCUT2D eigenvalue weighted by molar-refractivity contribution is 0.392. The Morgan fingerprint density at radius 2 is 1.13 bits per heavy atom. The zero-order valence-electron chi connectivity index (χ0n) is 15.5. The summed E-state index contributed by atoms with van der Waals surface area (Å²) in [5.74, 6) is 0. The summed E-state index contributed by atoms with van der Waals surface area (Å²) in [6.07, 6.45) is 28.9. The SMILES string of the molecule is Br.CCCCCCCCCCCCCCCCN1C=CC=CC1. The summed E-state index contributed by atoms with van der Waals surface area (Å²) in [7, 11) is 0. The maximum atomic E-state index is 2.42. The van der Waals surface area contributed by atoms with E-state index in [0.717, 1.165) is 6.54 Å². The summed E-state index contributed by atoms with van der Waals surface area (Å²) >= 11 is 0. The topological polar surface area (TPSA) is 3.24 Å². The minimum Gasteiger partial charge on any atom is -0.374 e. The number of rotatable bonds is 15. The maximum absolute atomic E-state index is 2.42. The third-order valence-corrected chi connectivity index (χ3v) is 4.68. The highest BCUT2D eigenvalue weighted by molar-refractivity contribution is 8.93. The molecule has 0 saturated carbocycles. The highest BCUT2D eigenvalue weighted by atomic mass is 79.9. The first-order valence-corrected chi connectivity index (χ1v) is 10.0. The molecule has 0 spiro atoms. The Hall–Kier alpha value is -0.240. The van der Waals surface area contributed by atoms with Crippen LogP contribution < -0.4 is 0 Å². The van der Waals surface area contributed by atoms with Crippen LogP contribution in [0.5, 0.6) is 0 Å². The number of allylic oxidation sites excluding steroid dienone is 2. The van der Waals surface area contributed by atoms with Gasteiger partial charge in [0.1, 0.15) is 0 Å². The van der Waals surface area contributed by atoms with Gasteiger partial charge in [-0.25, -0.2) is 0 Å². The van der Waals surface area contributed by atoms with E-state index in [9.17, 15) is 0 Å². The Bertz CT molecular complexity index is 286. The standard InChI is InChI=1S/C21H39N.BrH/c1-2-3-4-5-6-7-8-9-10-11-12-13-14-16-19-22-20-17-15-18-21-22;/h15,17-18,20H,2-14,16,19,21H2,1H3;1H. The normalized spacial score (nSPS) is 13.3. The smallest absolute Gasteiger partial charge is 0.0357 e. The van der Waals surface area contributed by atoms with Crippen molar-refractivity contribution in [1.29, 1.82) is 0 Å². The van der Waals surface area contributed by atoms with E-state index in [1.807, 2.05) is 0 Å². The Balaban J connectivity index is 0.00000484. The van der Waals surface area contributed by atoms with E-state index in [-0.39, 0.29) is 17.0 Å². The van der Waals surface area contributed by atoms with Crippen molar-refractivity contribution in [3.8, 4) is 0 Å². The summed E-state index contributed by atoms with van der Waals surface area (Å²) in [6.45, 7) is 4.63. The minimum atomic E-state index is 0. The van der Waals surface area contributed by atoms with Gasteiger partial charge in [-0.2, -0.15) is 0 Å². The van der Waals surface area contributed by atoms with Crippen LogP contribution in [-0.4, -0.2) is 18.0 Å². The predicted octanol–water partition coefficient (Wildman–Crippen LogP) is 7.43. The molecule has 2 heteroatoms. The quantitative estimate of drug-likeness (QED) is 0.265. The molecule has 0 bridgehead atoms. The third kappa shape index (κ3) is 15.1. The van der Waals surface area contributed by atoms with Gasteiger partial charge < -0.3 is 4.90 Å². The van der Waals surface area contributed by atoms with Crippen molar-refractivity contribution in [2.45, 2.75) is 96.8 Å². The molecule has 0 aromatic rings. The monoisotopic (exact) mass is 385 g/mol. The van der Waals surface area contributed by atoms with E-state index in [1.54, 1.807) is 0 Å². The first-order valence-electron chi connectivity index (χ1n) is 10.0. The second kappa shape index (κ2) is 18.1. The van der Waals surface area contributed by atoms with Crippen LogP contribution in [-0.2, 0) is 0 Å². The molecule has 0 amide bonds. The molecule has 0 aromatic carbocycles. The molecule has 0 aromatic heterocycles. The van der Waals surface area contributed by atoms with E-state index >= 15 is 0 Å². The van der Waals surface area contributed by atoms with Gasteiger partial charge in [0.25, 0.3) is 0 Å². The first kappa shape index (κ1) is 22.8. The number of halogens is 1. The van der Waals surface area contributed by atoms with Crippen LogP contribution in [0.25, 0.3) is 0 Å². The van der Waals surface area contributed by atoms with E-state index in [0.29, 0.717) is 0 Å². The molecular formula is C21H40BrN. The van der Waals surface area contributed by atoms with Gasteiger partial charge in [0, 0.05) is 13.1 Å². The van der Waals surface area contributed by atoms with Crippen molar-refractivity contribution in [2.75, 3.05) is 13.1 Å². The average Bonchev–Trinajstić information content (AvgIpc) is 2.56. The summed E-state index contributed by atoms with van der Waals surface area (Å²) in [6, 6.07) is 0. The maximum Gasteiger partial charge on any atom is 0.0357 e. The Kier molecular flexibility index (Phi) is 17.9. The van der Waals surface area contributed by atoms with Crippen LogP contribution >= 0.6 is 17.0 Å². The molecule has 0 fully saturated rings. The van der Waals surface area contributed by atoms with Gasteiger partial charge in [-0.05, 0) is 18.7 Å². The van der Waals surface area contributed by atoms with Crippen molar-refractivity contribution in [2.24, 2.45) is 0 Å². The Morgan fingerprint density at radius 3 is 1.57 bits per heavy atom. The summed E-state index contributed by atoms with van der Waals surface area (Å²) in [4.78, 5) is 2.42. The summed E-state index contributed by atoms with van der Waals surface area (Å²) < 4.78 is 0. The fourth-order valence-corrected chi connectivity index (χ4v) is 3.18. The Morgan fingerprint density at radius 1 is 0.652 bits per heavy atom. The van der Waals surface area contributed by atoms with Crippen LogP contribution in [0.3, 0.4) is 0 Å². The lowest BCUT2D eigenvalue weighted by Crippen LogP contribution is -2.19. The predicted molar refractivity (Wildman–Crippen MR) is 110 cm³/mol. The summed E-state index contributed by atoms with van der Waals surface area (Å²) in [5.41, 5.74) is 0. The molecule has 1 heterocycles. The van der Waals surface area contributed by atoms with E-state index in [1.165, 1.54) is 96.4 Å². The number of unbranched alkanes of at least 4 members (excludes halogenated alkanes) is 13. The molecule has 0 atom stereocenters. The molecule has 0 aliphatic carbocycles. The molecule has 0 saturated heterocycles. The lowest BCUT2D eigenvalue weighted by atomic mass is 10.0. The van der Waals surface area contributed by atoms with Gasteiger partial charge in [0.05, 0.1) is 0 Å². The van der Waals surface area contributed by atoms with Gasteiger partial charge in [0.2, 0.25) is 0 Å². The number of hydrogen-bond acceptors (Lipinski definition) is 1. The molecular weight excluding hydrogens is 346 g/mol. The van der Waals surface area contributed by atoms with Crippen molar-refractivity contribution < 1.29 is 0 Å². The van der Waals surface area contributed by atoms with Gasteiger partial charge in [0.15, 0.2) is 0 Å². The number of nitrogens with zero attached hydrogens (tertiary/aromatic N) is 1. The van der Waals surface area contributed by atoms with Crippen molar-refractivity contribution in [3.63, 3.8) is 0 Å². The van der Waals surface area contributed by atoms with Gasteiger partial charge >= 0.3 is 0 Å². The average molecular weight is 386 g/mol. The first-order chi connectivity index (χ1) is 10.9. The molecule has 0 unspecified atom stereocenters. The molecule has 1 aliphatic heterocycles. The molecule has 136 valence electrons. The van der Waals surface area contributed by atoms with E-state index in [2.05, 4.69) is 36.3 Å². The lowest BCUT2D eigenvalue weighted by Gasteiger charge is -2.20. The fraction of sp³-hybridized carbons (Fsp3) is 0.810. The summed E-state index contributed by atoms with van der Waals surface area (Å²) in [5, 5.41) is 0. The number of hydrogen-bond donors (Lipinski definition) is 0. The van der Waals surface area contributed by atoms with Crippen LogP contribution in [0, 0.1) is 0 Å². The van der Waals surface area contributed by atoms with Crippen molar-refractivity contribution in [3.05, 3.63) is 24.4 Å².